The highest BCUT2D eigenvalue weighted by atomic mass is 16.8. The van der Waals surface area contributed by atoms with Gasteiger partial charge in [-0.15, -0.1) is 5.90 Å². The molecule has 0 bridgehead atoms. The van der Waals surface area contributed by atoms with E-state index in [1.807, 2.05) is 0 Å². The average molecular weight is 132 g/mol. The summed E-state index contributed by atoms with van der Waals surface area (Å²) in [4.78, 5) is 13.6. The van der Waals surface area contributed by atoms with Crippen molar-refractivity contribution in [2.24, 2.45) is 32.5 Å². The third-order valence-corrected chi connectivity index (χ3v) is 0.317. The van der Waals surface area contributed by atoms with Crippen molar-refractivity contribution in [3.05, 3.63) is 0 Å². The Bertz CT molecular complexity index is 138. The van der Waals surface area contributed by atoms with Crippen LogP contribution in [0.5, 0.6) is 0 Å². The summed E-state index contributed by atoms with van der Waals surface area (Å²) < 4.78 is 0. The van der Waals surface area contributed by atoms with Gasteiger partial charge < -0.3 is 5.84 Å². The molecule has 0 atom stereocenters. The first-order chi connectivity index (χ1) is 4.31. The maximum atomic E-state index is 10.1. The van der Waals surface area contributed by atoms with Crippen molar-refractivity contribution in [1.82, 2.24) is 0 Å². The zero-order valence-electron chi connectivity index (χ0n) is 4.26. The van der Waals surface area contributed by atoms with Crippen LogP contribution in [0.25, 0.3) is 0 Å². The maximum absolute atomic E-state index is 10.1. The summed E-state index contributed by atoms with van der Waals surface area (Å²) in [5.74, 6) is 8.82. The number of nitrogens with zero attached hydrogens (tertiary/aromatic N) is 4. The average Bonchev–Trinajstić information content (AvgIpc) is 1.85. The second-order valence-corrected chi connectivity index (χ2v) is 0.785. The molecule has 0 fully saturated rings. The van der Waals surface area contributed by atoms with Crippen molar-refractivity contribution in [3.63, 3.8) is 0 Å². The lowest BCUT2D eigenvalue weighted by molar-refractivity contribution is 0.127. The first kappa shape index (κ1) is 7.43. The second-order valence-electron chi connectivity index (χ2n) is 0.785. The van der Waals surface area contributed by atoms with Crippen LogP contribution in [-0.4, -0.2) is 6.03 Å². The molecule has 50 valence electrons. The van der Waals surface area contributed by atoms with Gasteiger partial charge in [0, 0.05) is 0 Å². The standard InChI is InChI=1S/CH4N6O2/c2-6-4-1(8)5-7-9-3/h3H2,(H2,2,4,8). The molecule has 0 aromatic heterocycles. The van der Waals surface area contributed by atoms with E-state index in [4.69, 9.17) is 0 Å². The monoisotopic (exact) mass is 132 g/mol. The molecule has 0 aliphatic heterocycles. The summed E-state index contributed by atoms with van der Waals surface area (Å²) in [6.07, 6.45) is 0. The lowest BCUT2D eigenvalue weighted by Gasteiger charge is -1.77. The van der Waals surface area contributed by atoms with Crippen LogP contribution in [0.3, 0.4) is 0 Å². The van der Waals surface area contributed by atoms with E-state index in [1.165, 1.54) is 0 Å². The van der Waals surface area contributed by atoms with Crippen molar-refractivity contribution < 1.29 is 9.73 Å². The third-order valence-electron chi connectivity index (χ3n) is 0.317. The van der Waals surface area contributed by atoms with Crippen molar-refractivity contribution in [2.75, 3.05) is 0 Å². The SMILES string of the molecule is NN=NC(=O)N=NON. The van der Waals surface area contributed by atoms with Crippen LogP contribution < -0.4 is 11.7 Å². The smallest absolute Gasteiger partial charge is 0.304 e. The number of hydrogen-bond donors (Lipinski definition) is 2. The zero-order valence-corrected chi connectivity index (χ0v) is 4.26. The van der Waals surface area contributed by atoms with Crippen LogP contribution >= 0.6 is 0 Å². The summed E-state index contributed by atoms with van der Waals surface area (Å²) in [6, 6.07) is -0.983. The first-order valence-corrected chi connectivity index (χ1v) is 1.73. The van der Waals surface area contributed by atoms with Gasteiger partial charge in [-0.1, -0.05) is 10.3 Å². The predicted octanol–water partition coefficient (Wildman–Crippen LogP) is -0.310. The highest BCUT2D eigenvalue weighted by Crippen LogP contribution is 1.81. The Hall–Kier alpha value is -1.57. The van der Waals surface area contributed by atoms with Gasteiger partial charge in [-0.05, 0) is 5.11 Å². The molecular weight excluding hydrogens is 128 g/mol. The minimum atomic E-state index is -0.983. The van der Waals surface area contributed by atoms with Gasteiger partial charge in [0.05, 0.1) is 5.28 Å². The Morgan fingerprint density at radius 2 is 2.11 bits per heavy atom. The summed E-state index contributed by atoms with van der Waals surface area (Å²) >= 11 is 0. The Balaban J connectivity index is 3.63. The van der Waals surface area contributed by atoms with Crippen molar-refractivity contribution in [2.45, 2.75) is 0 Å². The van der Waals surface area contributed by atoms with Crippen molar-refractivity contribution in [1.29, 1.82) is 0 Å². The Kier molecular flexibility index (Phi) is 3.79. The highest BCUT2D eigenvalue weighted by Gasteiger charge is 1.90. The van der Waals surface area contributed by atoms with Gasteiger partial charge in [0.1, 0.15) is 0 Å². The molecule has 0 aliphatic rings. The van der Waals surface area contributed by atoms with Crippen LogP contribution in [-0.2, 0) is 4.94 Å². The van der Waals surface area contributed by atoms with Gasteiger partial charge in [-0.3, -0.25) is 4.94 Å². The molecule has 0 aliphatic carbocycles. The van der Waals surface area contributed by atoms with Gasteiger partial charge >= 0.3 is 6.03 Å². The number of rotatable bonds is 1. The summed E-state index contributed by atoms with van der Waals surface area (Å²) in [6.45, 7) is 0. The number of carbonyl (C=O) groups excluding carboxylic acids is 1. The fourth-order valence-electron chi connectivity index (χ4n) is 0.128. The number of carbonyl (C=O) groups is 1. The molecule has 4 N–H and O–H groups in total. The summed E-state index contributed by atoms with van der Waals surface area (Å²) in [5, 5.41) is 10.7. The van der Waals surface area contributed by atoms with E-state index in [1.54, 1.807) is 0 Å². The van der Waals surface area contributed by atoms with Gasteiger partial charge in [-0.25, -0.2) is 4.79 Å². The minimum Gasteiger partial charge on any atom is -0.304 e. The van der Waals surface area contributed by atoms with E-state index >= 15 is 0 Å². The summed E-state index contributed by atoms with van der Waals surface area (Å²) in [7, 11) is 0. The molecule has 0 aromatic carbocycles. The van der Waals surface area contributed by atoms with Gasteiger partial charge in [-0.2, -0.15) is 0 Å². The molecule has 0 heterocycles. The van der Waals surface area contributed by atoms with Gasteiger partial charge in [0.2, 0.25) is 0 Å². The Morgan fingerprint density at radius 3 is 2.56 bits per heavy atom. The molecule has 0 saturated carbocycles. The van der Waals surface area contributed by atoms with Crippen LogP contribution in [0, 0.1) is 0 Å². The molecule has 2 amide bonds. The molecule has 0 spiro atoms. The van der Waals surface area contributed by atoms with Gasteiger partial charge in [0.15, 0.2) is 0 Å². The third kappa shape index (κ3) is 4.28. The predicted molar refractivity (Wildman–Crippen MR) is 24.6 cm³/mol. The lowest BCUT2D eigenvalue weighted by atomic mass is 11.2. The zero-order chi connectivity index (χ0) is 7.11. The van der Waals surface area contributed by atoms with Crippen LogP contribution in [0.1, 0.15) is 0 Å². The topological polar surface area (TPSA) is 128 Å². The number of hydrogen-bond acceptors (Lipinski definition) is 5. The van der Waals surface area contributed by atoms with Crippen molar-refractivity contribution >= 4 is 6.03 Å². The van der Waals surface area contributed by atoms with E-state index in [0.717, 1.165) is 0 Å². The van der Waals surface area contributed by atoms with Gasteiger partial charge in [0.25, 0.3) is 0 Å². The van der Waals surface area contributed by atoms with E-state index in [0.29, 0.717) is 0 Å². The largest absolute Gasteiger partial charge is 0.408 e. The highest BCUT2D eigenvalue weighted by molar-refractivity contribution is 5.74. The summed E-state index contributed by atoms with van der Waals surface area (Å²) in [5.41, 5.74) is 0. The van der Waals surface area contributed by atoms with E-state index in [-0.39, 0.29) is 0 Å². The van der Waals surface area contributed by atoms with Crippen molar-refractivity contribution in [3.8, 4) is 0 Å². The Morgan fingerprint density at radius 1 is 1.44 bits per heavy atom. The lowest BCUT2D eigenvalue weighted by Crippen LogP contribution is -1.90. The van der Waals surface area contributed by atoms with Crippen LogP contribution in [0.15, 0.2) is 20.7 Å². The van der Waals surface area contributed by atoms with Crippen LogP contribution in [0.2, 0.25) is 0 Å². The molecule has 0 radical (unpaired) electrons. The number of nitrogens with two attached hydrogens (primary N) is 2. The van der Waals surface area contributed by atoms with E-state index in [9.17, 15) is 4.79 Å². The van der Waals surface area contributed by atoms with E-state index in [2.05, 4.69) is 37.4 Å². The van der Waals surface area contributed by atoms with E-state index < -0.39 is 6.03 Å². The number of amides is 2. The fraction of sp³-hybridized carbons (Fsp3) is 0. The quantitative estimate of drug-likeness (QED) is 0.288. The molecule has 8 nitrogen and oxygen atoms in total. The second kappa shape index (κ2) is 4.59. The molecule has 0 saturated heterocycles. The first-order valence-electron chi connectivity index (χ1n) is 1.73. The molecule has 9 heavy (non-hydrogen) atoms. The van der Waals surface area contributed by atoms with Crippen LogP contribution in [0.4, 0.5) is 4.79 Å². The number of urea groups is 1. The molecule has 0 rings (SSSR count). The maximum Gasteiger partial charge on any atom is 0.408 e. The normalized spacial score (nSPS) is 10.8. The molecule has 0 unspecified atom stereocenters. The Labute approximate surface area is 49.5 Å². The minimum absolute atomic E-state index is 0.983. The molecule has 8 heteroatoms. The molecule has 0 aromatic rings. The fourth-order valence-corrected chi connectivity index (χ4v) is 0.128. The molecular formula is CH4N6O2.